The molecule has 25 heteroatoms. The van der Waals surface area contributed by atoms with Crippen molar-refractivity contribution in [2.75, 3.05) is 13.2 Å². The number of aliphatic carboxylic acids is 2. The Hall–Kier alpha value is -4.10. The van der Waals surface area contributed by atoms with E-state index in [1.807, 2.05) is 36.4 Å². The molecule has 0 aromatic heterocycles. The second-order valence-corrected chi connectivity index (χ2v) is 15.7. The molecule has 6 rings (SSSR count). The molecular formula is C39H52N2O23. The zero-order valence-electron chi connectivity index (χ0n) is 34.0. The standard InChI is InChI=1S/C39H52N2O23/c1-13(44)40-20-29(22(46)18(10-42)58-36(20)57-12-15-7-8-16-5-3-4-6-17(16)9-15)60-39-28(52)26(50)31(33(64-39)35(55)56)62-37-21(41-14(2)45)30(23(47)19(11-43)59-37)61-38-27(51)24(48)25(49)32(63-38)34(53)54/h3-9,18-33,36-39,42-43,46-52H,10-12H2,1-2H3,(H,40,44)(H,41,45)(H,53,54)(H,55,56)/t18-,19-,20-,21-,22-,23-,24+,25+,26-,27-,28-,29-,30-,31+,32+,33+,36-,37+,38-,39-/m1/s1. The highest BCUT2D eigenvalue weighted by atomic mass is 16.8. The van der Waals surface area contributed by atoms with Crippen molar-refractivity contribution < 1.29 is 113 Å². The van der Waals surface area contributed by atoms with E-state index in [1.54, 1.807) is 6.07 Å². The molecule has 0 spiro atoms. The van der Waals surface area contributed by atoms with Crippen molar-refractivity contribution in [1.29, 1.82) is 0 Å². The van der Waals surface area contributed by atoms with Crippen LogP contribution < -0.4 is 10.6 Å². The molecule has 0 aliphatic carbocycles. The van der Waals surface area contributed by atoms with Crippen LogP contribution >= 0.6 is 0 Å². The molecule has 25 nitrogen and oxygen atoms in total. The van der Waals surface area contributed by atoms with Crippen molar-refractivity contribution in [3.8, 4) is 0 Å². The van der Waals surface area contributed by atoms with Crippen LogP contribution in [0.1, 0.15) is 19.4 Å². The van der Waals surface area contributed by atoms with Gasteiger partial charge in [0.25, 0.3) is 0 Å². The minimum absolute atomic E-state index is 0.112. The number of hydrogen-bond acceptors (Lipinski definition) is 21. The third-order valence-electron chi connectivity index (χ3n) is 11.1. The molecule has 2 amide bonds. The number of carboxylic acid groups (broad SMARTS) is 2. The molecule has 0 unspecified atom stereocenters. The number of amides is 2. The molecule has 2 aromatic rings. The van der Waals surface area contributed by atoms with Crippen molar-refractivity contribution in [1.82, 2.24) is 10.6 Å². The number of benzene rings is 2. The predicted molar refractivity (Wildman–Crippen MR) is 205 cm³/mol. The SMILES string of the molecule is CC(=O)N[C@H]1[C@H](O[C@H]2[C@H](O)[C@@H](O)[C@H](O[C@H]3[C@H](O)[C@@H](CO)O[C@@H](OCc4ccc5ccccc5c4)[C@@H]3NC(C)=O)O[C@@H]2C(=O)O)O[C@H](CO)[C@@H](O)[C@@H]1O[C@@H]1O[C@H](C(=O)O)[C@@H](O)[C@H](O)[C@H]1O. The van der Waals surface area contributed by atoms with Gasteiger partial charge < -0.3 is 105 Å². The van der Waals surface area contributed by atoms with E-state index < -0.39 is 160 Å². The van der Waals surface area contributed by atoms with Crippen LogP contribution in [0.4, 0.5) is 0 Å². The smallest absolute Gasteiger partial charge is 0.335 e. The summed E-state index contributed by atoms with van der Waals surface area (Å²) in [6.07, 6.45) is -36.0. The normalized spacial score (nSPS) is 40.4. The van der Waals surface area contributed by atoms with Crippen LogP contribution in [0.15, 0.2) is 42.5 Å². The lowest BCUT2D eigenvalue weighted by Gasteiger charge is -2.50. The van der Waals surface area contributed by atoms with E-state index in [2.05, 4.69) is 10.6 Å². The second-order valence-electron chi connectivity index (χ2n) is 15.7. The Balaban J connectivity index is 1.23. The number of carbonyl (C=O) groups is 4. The van der Waals surface area contributed by atoms with Crippen LogP contribution in [-0.4, -0.2) is 216 Å². The first-order valence-corrected chi connectivity index (χ1v) is 20.0. The summed E-state index contributed by atoms with van der Waals surface area (Å²) in [6, 6.07) is 9.76. The first-order chi connectivity index (χ1) is 30.3. The number of carboxylic acids is 2. The summed E-state index contributed by atoms with van der Waals surface area (Å²) in [6.45, 7) is 0.167. The molecule has 2 aromatic carbocycles. The lowest BCUT2D eigenvalue weighted by Crippen LogP contribution is -2.70. The van der Waals surface area contributed by atoms with Gasteiger partial charge in [0.05, 0.1) is 19.8 Å². The van der Waals surface area contributed by atoms with Crippen molar-refractivity contribution in [3.05, 3.63) is 48.0 Å². The zero-order valence-corrected chi connectivity index (χ0v) is 34.0. The summed E-state index contributed by atoms with van der Waals surface area (Å²) in [4.78, 5) is 49.5. The number of aliphatic hydroxyl groups excluding tert-OH is 9. The molecule has 0 saturated carbocycles. The summed E-state index contributed by atoms with van der Waals surface area (Å²) >= 11 is 0. The summed E-state index contributed by atoms with van der Waals surface area (Å²) in [5, 5.41) is 123. The lowest BCUT2D eigenvalue weighted by atomic mass is 9.94. The quantitative estimate of drug-likeness (QED) is 0.0791. The molecular weight excluding hydrogens is 864 g/mol. The number of rotatable bonds is 15. The molecule has 4 aliphatic rings. The fraction of sp³-hybridized carbons (Fsp3) is 0.641. The highest BCUT2D eigenvalue weighted by molar-refractivity contribution is 5.83. The maximum Gasteiger partial charge on any atom is 0.335 e. The Morgan fingerprint density at radius 2 is 1.03 bits per heavy atom. The van der Waals surface area contributed by atoms with Gasteiger partial charge in [-0.1, -0.05) is 36.4 Å². The molecule has 4 fully saturated rings. The van der Waals surface area contributed by atoms with Crippen molar-refractivity contribution in [2.45, 2.75) is 143 Å². The van der Waals surface area contributed by atoms with E-state index >= 15 is 0 Å². The van der Waals surface area contributed by atoms with Crippen LogP contribution in [0.2, 0.25) is 0 Å². The molecule has 13 N–H and O–H groups in total. The topological polar surface area (TPSA) is 389 Å². The van der Waals surface area contributed by atoms with Crippen molar-refractivity contribution in [2.24, 2.45) is 0 Å². The van der Waals surface area contributed by atoms with E-state index in [4.69, 9.17) is 37.9 Å². The van der Waals surface area contributed by atoms with Gasteiger partial charge in [-0.05, 0) is 22.4 Å². The maximum absolute atomic E-state index is 12.8. The van der Waals surface area contributed by atoms with E-state index in [9.17, 15) is 75.3 Å². The average molecular weight is 917 g/mol. The van der Waals surface area contributed by atoms with E-state index in [0.29, 0.717) is 5.56 Å². The molecule has 4 heterocycles. The largest absolute Gasteiger partial charge is 0.479 e. The number of hydrogen-bond donors (Lipinski definition) is 13. The van der Waals surface area contributed by atoms with Crippen molar-refractivity contribution in [3.63, 3.8) is 0 Å². The Kier molecular flexibility index (Phi) is 16.2. The van der Waals surface area contributed by atoms with Crippen LogP contribution in [0.5, 0.6) is 0 Å². The lowest BCUT2D eigenvalue weighted by molar-refractivity contribution is -0.369. The van der Waals surface area contributed by atoms with E-state index in [-0.39, 0.29) is 6.61 Å². The highest BCUT2D eigenvalue weighted by Gasteiger charge is 2.57. The number of carbonyl (C=O) groups excluding carboxylic acids is 2. The van der Waals surface area contributed by atoms with Gasteiger partial charge in [0.15, 0.2) is 37.4 Å². The number of fused-ring (bicyclic) bond motifs is 1. The van der Waals surface area contributed by atoms with Crippen molar-refractivity contribution >= 4 is 34.5 Å². The number of aliphatic hydroxyl groups is 9. The van der Waals surface area contributed by atoms with Gasteiger partial charge in [-0.3, -0.25) is 9.59 Å². The maximum atomic E-state index is 12.8. The first-order valence-electron chi connectivity index (χ1n) is 20.0. The Morgan fingerprint density at radius 1 is 0.547 bits per heavy atom. The monoisotopic (exact) mass is 916 g/mol. The van der Waals surface area contributed by atoms with Gasteiger partial charge in [0.1, 0.15) is 85.3 Å². The van der Waals surface area contributed by atoms with Gasteiger partial charge in [-0.2, -0.15) is 0 Å². The number of nitrogens with one attached hydrogen (secondary N) is 2. The van der Waals surface area contributed by atoms with Gasteiger partial charge in [-0.15, -0.1) is 0 Å². The fourth-order valence-corrected chi connectivity index (χ4v) is 7.93. The summed E-state index contributed by atoms with van der Waals surface area (Å²) < 4.78 is 45.7. The van der Waals surface area contributed by atoms with Gasteiger partial charge in [0.2, 0.25) is 11.8 Å². The summed E-state index contributed by atoms with van der Waals surface area (Å²) in [5.41, 5.74) is 0.670. The Morgan fingerprint density at radius 3 is 1.56 bits per heavy atom. The third-order valence-corrected chi connectivity index (χ3v) is 11.1. The van der Waals surface area contributed by atoms with Crippen LogP contribution in [0.25, 0.3) is 10.8 Å². The molecule has 64 heavy (non-hydrogen) atoms. The van der Waals surface area contributed by atoms with Gasteiger partial charge in [0, 0.05) is 13.8 Å². The van der Waals surface area contributed by atoms with Crippen LogP contribution in [-0.2, 0) is 63.7 Å². The van der Waals surface area contributed by atoms with Gasteiger partial charge >= 0.3 is 11.9 Å². The minimum atomic E-state index is -2.30. The predicted octanol–water partition coefficient (Wildman–Crippen LogP) is -5.90. The number of ether oxygens (including phenoxy) is 8. The average Bonchev–Trinajstić information content (AvgIpc) is 3.25. The summed E-state index contributed by atoms with van der Waals surface area (Å²) in [7, 11) is 0. The Bertz CT molecular complexity index is 1940. The van der Waals surface area contributed by atoms with Crippen LogP contribution in [0.3, 0.4) is 0 Å². The molecule has 0 radical (unpaired) electrons. The molecule has 20 atom stereocenters. The zero-order chi connectivity index (χ0) is 46.7. The highest BCUT2D eigenvalue weighted by Crippen LogP contribution is 2.35. The van der Waals surface area contributed by atoms with Crippen LogP contribution in [0, 0.1) is 0 Å². The van der Waals surface area contributed by atoms with E-state index in [0.717, 1.165) is 24.6 Å². The second kappa shape index (κ2) is 21.0. The summed E-state index contributed by atoms with van der Waals surface area (Å²) in [5.74, 6) is -5.17. The molecule has 4 aliphatic heterocycles. The Labute approximate surface area is 362 Å². The fourth-order valence-electron chi connectivity index (χ4n) is 7.93. The first kappa shape index (κ1) is 49.3. The molecule has 4 saturated heterocycles. The van der Waals surface area contributed by atoms with Gasteiger partial charge in [-0.25, -0.2) is 9.59 Å². The van der Waals surface area contributed by atoms with E-state index in [1.165, 1.54) is 0 Å². The third kappa shape index (κ3) is 10.6. The minimum Gasteiger partial charge on any atom is -0.479 e. The molecule has 0 bridgehead atoms. The molecule has 356 valence electrons.